The van der Waals surface area contributed by atoms with Crippen LogP contribution in [0.25, 0.3) is 0 Å². The van der Waals surface area contributed by atoms with Crippen molar-refractivity contribution in [1.29, 1.82) is 0 Å². The lowest BCUT2D eigenvalue weighted by Crippen LogP contribution is -2.37. The quantitative estimate of drug-likeness (QED) is 0.227. The summed E-state index contributed by atoms with van der Waals surface area (Å²) in [5, 5.41) is 4.30. The summed E-state index contributed by atoms with van der Waals surface area (Å²) in [5.74, 6) is 1.65. The molecule has 0 amide bonds. The molecule has 0 radical (unpaired) electrons. The Bertz CT molecular complexity index is 1510. The predicted molar refractivity (Wildman–Crippen MR) is 171 cm³/mol. The number of anilines is 1. The molecule has 2 saturated heterocycles. The van der Waals surface area contributed by atoms with Gasteiger partial charge in [-0.25, -0.2) is 0 Å². The van der Waals surface area contributed by atoms with Gasteiger partial charge in [-0.05, 0) is 99.1 Å². The number of morpholine rings is 1. The lowest BCUT2D eigenvalue weighted by Gasteiger charge is -2.28. The molecular weight excluding hydrogens is 542 g/mol. The number of para-hydroxylation sites is 1. The molecule has 2 aromatic carbocycles. The van der Waals surface area contributed by atoms with E-state index in [0.717, 1.165) is 74.3 Å². The zero-order valence-electron chi connectivity index (χ0n) is 24.6. The third-order valence-corrected chi connectivity index (χ3v) is 8.74. The molecule has 6 rings (SSSR count). The Kier molecular flexibility index (Phi) is 8.55. The van der Waals surface area contributed by atoms with E-state index in [0.29, 0.717) is 5.11 Å². The van der Waals surface area contributed by atoms with Crippen molar-refractivity contribution in [2.75, 3.05) is 37.7 Å². The third kappa shape index (κ3) is 5.93. The number of nitrogens with one attached hydrogen (secondary N) is 1. The fourth-order valence-corrected chi connectivity index (χ4v) is 6.52. The molecule has 8 heteroatoms. The number of hydrogen-bond acceptors (Lipinski definition) is 5. The van der Waals surface area contributed by atoms with Crippen LogP contribution in [0.15, 0.2) is 79.0 Å². The number of aryl methyl sites for hydroxylation is 2. The second-order valence-electron chi connectivity index (χ2n) is 11.1. The van der Waals surface area contributed by atoms with Crippen molar-refractivity contribution in [3.05, 3.63) is 107 Å². The van der Waals surface area contributed by atoms with E-state index in [9.17, 15) is 0 Å². The molecule has 2 atom stereocenters. The smallest absolute Gasteiger partial charge is 0.174 e. The van der Waals surface area contributed by atoms with Gasteiger partial charge in [-0.2, -0.15) is 0 Å². The third-order valence-electron chi connectivity index (χ3n) is 8.43. The van der Waals surface area contributed by atoms with Gasteiger partial charge in [0.1, 0.15) is 11.5 Å². The van der Waals surface area contributed by atoms with E-state index in [4.69, 9.17) is 26.7 Å². The molecule has 0 unspecified atom stereocenters. The maximum absolute atomic E-state index is 6.18. The minimum absolute atomic E-state index is 0.0465. The molecule has 4 heterocycles. The van der Waals surface area contributed by atoms with Crippen LogP contribution in [0, 0.1) is 20.8 Å². The summed E-state index contributed by atoms with van der Waals surface area (Å²) in [6.45, 7) is 12.3. The van der Waals surface area contributed by atoms with Crippen LogP contribution in [0.3, 0.4) is 0 Å². The van der Waals surface area contributed by atoms with Crippen molar-refractivity contribution in [1.82, 2.24) is 19.8 Å². The van der Waals surface area contributed by atoms with E-state index in [1.165, 1.54) is 17.0 Å². The number of rotatable bonds is 9. The molecule has 1 N–H and O–H groups in total. The summed E-state index contributed by atoms with van der Waals surface area (Å²) in [6, 6.07) is 24.6. The van der Waals surface area contributed by atoms with Crippen LogP contribution < -0.4 is 15.0 Å². The molecule has 0 saturated carbocycles. The van der Waals surface area contributed by atoms with Crippen molar-refractivity contribution in [2.24, 2.45) is 0 Å². The number of pyridine rings is 1. The molecule has 7 nitrogen and oxygen atoms in total. The fraction of sp³-hybridized carbons (Fsp3) is 0.353. The summed E-state index contributed by atoms with van der Waals surface area (Å²) >= 11 is 5.99. The molecule has 2 aromatic heterocycles. The van der Waals surface area contributed by atoms with Crippen LogP contribution in [0.5, 0.6) is 11.5 Å². The highest BCUT2D eigenvalue weighted by molar-refractivity contribution is 7.80. The highest BCUT2D eigenvalue weighted by atomic mass is 32.1. The summed E-state index contributed by atoms with van der Waals surface area (Å²) < 4.78 is 14.2. The minimum Gasteiger partial charge on any atom is -0.457 e. The number of thiocarbonyl (C=S) groups is 1. The SMILES string of the molecule is Cc1ccccc1Oc1ccc(N2C(=S)N[C@H](c3ccccn3)[C@@H]2c2cc(C)n(CCCN3CCOCC3)c2C)cc1. The van der Waals surface area contributed by atoms with Crippen molar-refractivity contribution in [3.63, 3.8) is 0 Å². The summed E-state index contributed by atoms with van der Waals surface area (Å²) in [4.78, 5) is 9.48. The first-order valence-electron chi connectivity index (χ1n) is 14.8. The first-order chi connectivity index (χ1) is 20.5. The Labute approximate surface area is 254 Å². The first kappa shape index (κ1) is 28.4. The standard InChI is InChI=1S/C34H39N5O2S/c1-24-9-4-5-11-31(24)41-28-14-12-27(13-15-28)39-33(32(36-34(39)42)30-10-6-7-16-35-30)29-23-25(2)38(26(29)3)18-8-17-37-19-21-40-22-20-37/h4-7,9-16,23,32-33H,8,17-22H2,1-3H3,(H,36,42)/t32-,33+/m1/s1. The zero-order chi connectivity index (χ0) is 29.1. The molecule has 2 fully saturated rings. The largest absolute Gasteiger partial charge is 0.457 e. The van der Waals surface area contributed by atoms with Crippen LogP contribution in [0.2, 0.25) is 0 Å². The number of ether oxygens (including phenoxy) is 2. The summed E-state index contributed by atoms with van der Waals surface area (Å²) in [5.41, 5.74) is 6.90. The van der Waals surface area contributed by atoms with Gasteiger partial charge < -0.3 is 24.3 Å². The van der Waals surface area contributed by atoms with Gasteiger partial charge in [0.2, 0.25) is 0 Å². The Morgan fingerprint density at radius 3 is 2.45 bits per heavy atom. The average molecular weight is 582 g/mol. The molecule has 4 aromatic rings. The molecular formula is C34H39N5O2S. The fourth-order valence-electron chi connectivity index (χ4n) is 6.17. The number of aromatic nitrogens is 2. The van der Waals surface area contributed by atoms with Crippen molar-refractivity contribution in [2.45, 2.75) is 45.8 Å². The summed E-state index contributed by atoms with van der Waals surface area (Å²) in [6.07, 6.45) is 2.96. The molecule has 2 aliphatic heterocycles. The first-order valence-corrected chi connectivity index (χ1v) is 15.2. The Hall–Kier alpha value is -3.72. The van der Waals surface area contributed by atoms with Crippen LogP contribution >= 0.6 is 12.2 Å². The Morgan fingerprint density at radius 2 is 1.71 bits per heavy atom. The average Bonchev–Trinajstić information content (AvgIpc) is 3.50. The van der Waals surface area contributed by atoms with E-state index in [2.05, 4.69) is 70.8 Å². The lowest BCUT2D eigenvalue weighted by molar-refractivity contribution is 0.0369. The maximum atomic E-state index is 6.18. The highest BCUT2D eigenvalue weighted by Crippen LogP contribution is 2.43. The van der Waals surface area contributed by atoms with Gasteiger partial charge in [0, 0.05) is 49.5 Å². The lowest BCUT2D eigenvalue weighted by atomic mass is 9.96. The van der Waals surface area contributed by atoms with Crippen molar-refractivity contribution < 1.29 is 9.47 Å². The van der Waals surface area contributed by atoms with Gasteiger partial charge in [-0.15, -0.1) is 0 Å². The molecule has 0 bridgehead atoms. The second-order valence-corrected chi connectivity index (χ2v) is 11.5. The number of hydrogen-bond donors (Lipinski definition) is 1. The van der Waals surface area contributed by atoms with Crippen LogP contribution in [0.4, 0.5) is 5.69 Å². The van der Waals surface area contributed by atoms with Gasteiger partial charge in [-0.3, -0.25) is 9.88 Å². The topological polar surface area (TPSA) is 54.8 Å². The minimum atomic E-state index is -0.0797. The Morgan fingerprint density at radius 1 is 0.952 bits per heavy atom. The van der Waals surface area contributed by atoms with Gasteiger partial charge in [0.25, 0.3) is 0 Å². The molecule has 2 aliphatic rings. The van der Waals surface area contributed by atoms with Crippen molar-refractivity contribution >= 4 is 23.0 Å². The van der Waals surface area contributed by atoms with E-state index in [1.54, 1.807) is 0 Å². The second kappa shape index (κ2) is 12.7. The molecule has 218 valence electrons. The van der Waals surface area contributed by atoms with E-state index >= 15 is 0 Å². The van der Waals surface area contributed by atoms with Crippen molar-refractivity contribution in [3.8, 4) is 11.5 Å². The Balaban J connectivity index is 1.29. The summed E-state index contributed by atoms with van der Waals surface area (Å²) in [7, 11) is 0. The number of benzene rings is 2. The van der Waals surface area contributed by atoms with E-state index in [-0.39, 0.29) is 12.1 Å². The van der Waals surface area contributed by atoms with E-state index < -0.39 is 0 Å². The van der Waals surface area contributed by atoms with Crippen LogP contribution in [0.1, 0.15) is 46.7 Å². The van der Waals surface area contributed by atoms with Gasteiger partial charge in [-0.1, -0.05) is 24.3 Å². The molecule has 0 spiro atoms. The van der Waals surface area contributed by atoms with E-state index in [1.807, 2.05) is 48.7 Å². The van der Waals surface area contributed by atoms with Gasteiger partial charge in [0.05, 0.1) is 31.0 Å². The normalized spacial score (nSPS) is 19.2. The molecule has 42 heavy (non-hydrogen) atoms. The number of nitrogens with zero attached hydrogens (tertiary/aromatic N) is 4. The van der Waals surface area contributed by atoms with Gasteiger partial charge >= 0.3 is 0 Å². The molecule has 0 aliphatic carbocycles. The van der Waals surface area contributed by atoms with Gasteiger partial charge in [0.15, 0.2) is 5.11 Å². The van der Waals surface area contributed by atoms with Crippen LogP contribution in [-0.2, 0) is 11.3 Å². The zero-order valence-corrected chi connectivity index (χ0v) is 25.4. The monoisotopic (exact) mass is 581 g/mol. The predicted octanol–water partition coefficient (Wildman–Crippen LogP) is 6.50. The maximum Gasteiger partial charge on any atom is 0.174 e. The van der Waals surface area contributed by atoms with Crippen LogP contribution in [-0.4, -0.2) is 52.4 Å². The highest BCUT2D eigenvalue weighted by Gasteiger charge is 2.42.